The lowest BCUT2D eigenvalue weighted by atomic mass is 9.87. The van der Waals surface area contributed by atoms with E-state index in [-0.39, 0.29) is 19.6 Å². The monoisotopic (exact) mass is 556 g/mol. The number of dihydropyridines is 1. The number of nitrogens with one attached hydrogen (secondary N) is 2. The van der Waals surface area contributed by atoms with Crippen LogP contribution in [0.4, 0.5) is 4.39 Å². The van der Waals surface area contributed by atoms with Crippen LogP contribution in [-0.4, -0.2) is 47.7 Å². The minimum atomic E-state index is -1.50. The summed E-state index contributed by atoms with van der Waals surface area (Å²) in [4.78, 5) is 24.8. The van der Waals surface area contributed by atoms with E-state index in [9.17, 15) is 4.79 Å². The number of benzene rings is 1. The predicted octanol–water partition coefficient (Wildman–Crippen LogP) is 7.22. The number of nitrogens with zero attached hydrogens (tertiary/aromatic N) is 3. The van der Waals surface area contributed by atoms with Gasteiger partial charge in [0.25, 0.3) is 5.91 Å². The quantitative estimate of drug-likeness (QED) is 0.275. The van der Waals surface area contributed by atoms with Gasteiger partial charge in [-0.2, -0.15) is 0 Å². The molecule has 2 aliphatic carbocycles. The van der Waals surface area contributed by atoms with Crippen LogP contribution >= 0.6 is 0 Å². The second-order valence-corrected chi connectivity index (χ2v) is 10.6. The Morgan fingerprint density at radius 1 is 1.29 bits per heavy atom. The number of rotatable bonds is 7. The number of amidine groups is 1. The van der Waals surface area contributed by atoms with Gasteiger partial charge in [-0.25, -0.2) is 14.4 Å². The Balaban J connectivity index is 0.00000158. The zero-order valence-corrected chi connectivity index (χ0v) is 24.9. The Kier molecular flexibility index (Phi) is 9.36. The molecule has 41 heavy (non-hydrogen) atoms. The number of aliphatic imine (C=N–C) groups is 2. The number of likely N-dealkylation sites (tertiary alicyclic amines) is 1. The summed E-state index contributed by atoms with van der Waals surface area (Å²) in [6.07, 6.45) is 12.3. The van der Waals surface area contributed by atoms with Crippen molar-refractivity contribution < 1.29 is 10.6 Å². The number of carbonyl (C=O) groups excluding carboxylic acids is 1. The molecule has 5 rings (SSSR count). The van der Waals surface area contributed by atoms with Crippen LogP contribution in [0.1, 0.15) is 76.8 Å². The molecule has 0 bridgehead atoms. The molecule has 0 spiro atoms. The second-order valence-electron chi connectivity index (χ2n) is 10.6. The fourth-order valence-corrected chi connectivity index (χ4v) is 5.14. The van der Waals surface area contributed by atoms with Crippen molar-refractivity contribution in [2.75, 3.05) is 19.6 Å². The molecule has 2 heterocycles. The number of hydrogen-bond donors (Lipinski definition) is 2. The van der Waals surface area contributed by atoms with Gasteiger partial charge in [0.05, 0.1) is 22.8 Å². The molecular weight excluding hydrogens is 513 g/mol. The Labute approximate surface area is 245 Å². The maximum absolute atomic E-state index is 15.5. The van der Waals surface area contributed by atoms with Gasteiger partial charge in [0.15, 0.2) is 0 Å². The zero-order chi connectivity index (χ0) is 29.7. The molecule has 1 aromatic carbocycles. The first-order valence-electron chi connectivity index (χ1n) is 14.6. The van der Waals surface area contributed by atoms with Crippen LogP contribution in [0.3, 0.4) is 0 Å². The van der Waals surface area contributed by atoms with Gasteiger partial charge < -0.3 is 10.2 Å². The summed E-state index contributed by atoms with van der Waals surface area (Å²) in [7, 11) is 0. The second kappa shape index (κ2) is 12.8. The Morgan fingerprint density at radius 2 is 2.05 bits per heavy atom. The van der Waals surface area contributed by atoms with Crippen LogP contribution in [-0.2, 0) is 12.1 Å². The molecule has 1 fully saturated rings. The maximum atomic E-state index is 15.5. The molecular formula is C34H43FN5O. The van der Waals surface area contributed by atoms with E-state index < -0.39 is 5.67 Å². The molecule has 4 aliphatic rings. The standard InChI is InChI=1S/C32H35FN5O.C2H6.H2/c1-5-27(37-30(6-2)38-12-7-13-38)28-11-10-26(34)29(36-28)14-20(3)19-35-31(39)22-9-8-21-15-23-16-24(23)18-32(4,33)25(21)17-22;1-2;/h5,8-11,14,16-17,34H,3,6-7,12-13,15,18-19H2,1-2,4H3,(H,35,39);1-2H3;1H/b27-5-,29-14+,34-26?,37-30?;;/t32-;;/m1../s1. The van der Waals surface area contributed by atoms with Crippen LogP contribution in [0, 0.1) is 11.8 Å². The fourth-order valence-electron chi connectivity index (χ4n) is 5.14. The number of hydrogen-bond acceptors (Lipinski definition) is 4. The summed E-state index contributed by atoms with van der Waals surface area (Å²) in [6, 6.07) is 5.29. The van der Waals surface area contributed by atoms with Crippen LogP contribution < -0.4 is 5.32 Å². The van der Waals surface area contributed by atoms with Gasteiger partial charge >= 0.3 is 0 Å². The van der Waals surface area contributed by atoms with Crippen molar-refractivity contribution in [2.24, 2.45) is 9.98 Å². The Morgan fingerprint density at radius 3 is 2.71 bits per heavy atom. The summed E-state index contributed by atoms with van der Waals surface area (Å²) in [5.74, 6) is 0.753. The van der Waals surface area contributed by atoms with Gasteiger partial charge in [0.2, 0.25) is 0 Å². The van der Waals surface area contributed by atoms with Gasteiger partial charge in [-0.05, 0) is 73.7 Å². The van der Waals surface area contributed by atoms with Gasteiger partial charge in [0, 0.05) is 45.9 Å². The molecule has 0 aromatic heterocycles. The number of alkyl halides is 1. The van der Waals surface area contributed by atoms with Crippen molar-refractivity contribution in [3.63, 3.8) is 0 Å². The zero-order valence-electron chi connectivity index (χ0n) is 24.9. The molecule has 2 aliphatic heterocycles. The molecule has 217 valence electrons. The topological polar surface area (TPSA) is 80.9 Å². The van der Waals surface area contributed by atoms with Crippen molar-refractivity contribution in [1.29, 1.82) is 5.41 Å². The molecule has 7 heteroatoms. The van der Waals surface area contributed by atoms with Crippen LogP contribution in [0.5, 0.6) is 0 Å². The number of amides is 1. The SMILES string of the molecule is C=C(/C=C1N=C(/C(=C/C)N=C(CC)N2CCC2)C=CC/1=N)CNC(=O)c1ccc2c(c1)[C@](C)(F)CC1=C([CH]1)C2.CC.[HH]. The minimum Gasteiger partial charge on any atom is -0.360 e. The molecule has 0 unspecified atom stereocenters. The molecule has 1 saturated heterocycles. The highest BCUT2D eigenvalue weighted by Gasteiger charge is 2.39. The van der Waals surface area contributed by atoms with Gasteiger partial charge in [0.1, 0.15) is 11.5 Å². The van der Waals surface area contributed by atoms with Crippen molar-refractivity contribution in [3.05, 3.63) is 100 Å². The van der Waals surface area contributed by atoms with E-state index in [1.54, 1.807) is 31.2 Å². The summed E-state index contributed by atoms with van der Waals surface area (Å²) >= 11 is 0. The third-order valence-electron chi connectivity index (χ3n) is 7.58. The first-order valence-corrected chi connectivity index (χ1v) is 14.6. The molecule has 2 N–H and O–H groups in total. The first-order chi connectivity index (χ1) is 19.7. The van der Waals surface area contributed by atoms with Crippen LogP contribution in [0.2, 0.25) is 0 Å². The molecule has 1 atom stereocenters. The predicted molar refractivity (Wildman–Crippen MR) is 170 cm³/mol. The molecule has 1 aromatic rings. The summed E-state index contributed by atoms with van der Waals surface area (Å²) in [5.41, 5.74) is 5.54. The average Bonchev–Trinajstić information content (AvgIpc) is 3.67. The van der Waals surface area contributed by atoms with E-state index in [0.29, 0.717) is 34.5 Å². The lowest BCUT2D eigenvalue weighted by molar-refractivity contribution is 0.0957. The van der Waals surface area contributed by atoms with Crippen LogP contribution in [0.15, 0.2) is 87.2 Å². The highest BCUT2D eigenvalue weighted by molar-refractivity contribution is 6.20. The van der Waals surface area contributed by atoms with Crippen molar-refractivity contribution in [3.8, 4) is 0 Å². The number of carbonyl (C=O) groups is 1. The molecule has 0 saturated carbocycles. The average molecular weight is 557 g/mol. The van der Waals surface area contributed by atoms with Gasteiger partial charge in [-0.3, -0.25) is 10.2 Å². The third kappa shape index (κ3) is 6.89. The van der Waals surface area contributed by atoms with E-state index in [1.807, 2.05) is 39.0 Å². The lowest BCUT2D eigenvalue weighted by Gasteiger charge is -2.34. The fraction of sp³-hybridized carbons (Fsp3) is 0.382. The van der Waals surface area contributed by atoms with Crippen molar-refractivity contribution in [1.82, 2.24) is 10.2 Å². The molecule has 1 radical (unpaired) electrons. The summed E-state index contributed by atoms with van der Waals surface area (Å²) in [5, 5.41) is 11.2. The minimum absolute atomic E-state index is 0. The maximum Gasteiger partial charge on any atom is 0.251 e. The van der Waals surface area contributed by atoms with E-state index >= 15 is 4.39 Å². The summed E-state index contributed by atoms with van der Waals surface area (Å²) < 4.78 is 15.5. The number of allylic oxidation sites excluding steroid dienone is 5. The molecule has 6 nitrogen and oxygen atoms in total. The Hall–Kier alpha value is -3.87. The van der Waals surface area contributed by atoms with E-state index in [1.165, 1.54) is 12.0 Å². The number of fused-ring (bicyclic) bond motifs is 1. The number of halogens is 1. The van der Waals surface area contributed by atoms with Crippen LogP contribution in [0.25, 0.3) is 0 Å². The highest BCUT2D eigenvalue weighted by Crippen LogP contribution is 2.48. The highest BCUT2D eigenvalue weighted by atomic mass is 19.1. The normalized spacial score (nSPS) is 22.6. The van der Waals surface area contributed by atoms with Gasteiger partial charge in [-0.1, -0.05) is 50.6 Å². The van der Waals surface area contributed by atoms with Gasteiger partial charge in [-0.15, -0.1) is 0 Å². The van der Waals surface area contributed by atoms with E-state index in [4.69, 9.17) is 10.4 Å². The third-order valence-corrected chi connectivity index (χ3v) is 7.58. The molecule has 1 amide bonds. The van der Waals surface area contributed by atoms with Crippen molar-refractivity contribution in [2.45, 2.75) is 66.0 Å². The lowest BCUT2D eigenvalue weighted by Crippen LogP contribution is -2.42. The Bertz CT molecular complexity index is 1440. The van der Waals surface area contributed by atoms with E-state index in [0.717, 1.165) is 48.6 Å². The smallest absolute Gasteiger partial charge is 0.251 e. The van der Waals surface area contributed by atoms with Crippen molar-refractivity contribution >= 4 is 23.2 Å². The first kappa shape index (κ1) is 30.1. The largest absolute Gasteiger partial charge is 0.360 e. The summed E-state index contributed by atoms with van der Waals surface area (Å²) in [6.45, 7) is 15.9. The van der Waals surface area contributed by atoms with E-state index in [2.05, 4.69) is 35.1 Å².